The van der Waals surface area contributed by atoms with Crippen molar-refractivity contribution in [3.8, 4) is 0 Å². The summed E-state index contributed by atoms with van der Waals surface area (Å²) in [6.07, 6.45) is 59.0. The van der Waals surface area contributed by atoms with Gasteiger partial charge >= 0.3 is 0 Å². The van der Waals surface area contributed by atoms with Crippen molar-refractivity contribution >= 4 is 5.91 Å². The van der Waals surface area contributed by atoms with Crippen molar-refractivity contribution < 1.29 is 15.0 Å². The second-order valence-corrected chi connectivity index (χ2v) is 14.7. The van der Waals surface area contributed by atoms with Crippen LogP contribution in [0.5, 0.6) is 0 Å². The molecule has 0 aliphatic rings. The van der Waals surface area contributed by atoms with Gasteiger partial charge in [0.05, 0.1) is 18.8 Å². The van der Waals surface area contributed by atoms with E-state index in [2.05, 4.69) is 67.8 Å². The molecule has 0 aliphatic carbocycles. The van der Waals surface area contributed by atoms with Gasteiger partial charge in [0.1, 0.15) is 0 Å². The van der Waals surface area contributed by atoms with E-state index < -0.39 is 12.1 Å². The van der Waals surface area contributed by atoms with Crippen LogP contribution in [0.4, 0.5) is 0 Å². The Morgan fingerprint density at radius 2 is 0.863 bits per heavy atom. The van der Waals surface area contributed by atoms with Gasteiger partial charge in [-0.3, -0.25) is 4.79 Å². The van der Waals surface area contributed by atoms with E-state index in [0.717, 1.165) is 51.4 Å². The molecule has 0 aromatic heterocycles. The molecule has 3 N–H and O–H groups in total. The molecule has 0 bridgehead atoms. The van der Waals surface area contributed by atoms with Crippen molar-refractivity contribution in [3.63, 3.8) is 0 Å². The summed E-state index contributed by atoms with van der Waals surface area (Å²) in [5.41, 5.74) is 0. The number of aliphatic hydroxyl groups excluding tert-OH is 2. The van der Waals surface area contributed by atoms with Gasteiger partial charge in [0, 0.05) is 6.42 Å². The molecule has 0 fully saturated rings. The molecule has 1 amide bonds. The normalized spacial score (nSPS) is 13.6. The second-order valence-electron chi connectivity index (χ2n) is 14.7. The lowest BCUT2D eigenvalue weighted by Crippen LogP contribution is -2.45. The lowest BCUT2D eigenvalue weighted by atomic mass is 10.0. The topological polar surface area (TPSA) is 69.6 Å². The van der Waals surface area contributed by atoms with Crippen LogP contribution in [0.2, 0.25) is 0 Å². The second kappa shape index (κ2) is 42.5. The van der Waals surface area contributed by atoms with E-state index in [9.17, 15) is 15.0 Å². The third kappa shape index (κ3) is 39.1. The Hall–Kier alpha value is -1.91. The standard InChI is InChI=1S/C47H85NO3/c1-3-5-7-9-11-13-15-17-19-20-21-22-23-24-25-26-27-28-29-31-33-35-37-39-41-43-47(51)48-45(44-49)46(50)42-40-38-36-34-32-30-18-16-14-12-10-8-6-4-2/h5,7,11,13,17,19,21-22,40,42,45-46,49-50H,3-4,6,8-10,12,14-16,18,20,23-39,41,43-44H2,1-2H3,(H,48,51)/b7-5-,13-11-,19-17-,22-21-,42-40+. The van der Waals surface area contributed by atoms with Crippen molar-refractivity contribution in [2.75, 3.05) is 6.61 Å². The predicted octanol–water partition coefficient (Wildman–Crippen LogP) is 13.7. The monoisotopic (exact) mass is 712 g/mol. The Labute approximate surface area is 317 Å². The first-order chi connectivity index (χ1) is 25.2. The molecule has 2 atom stereocenters. The summed E-state index contributed by atoms with van der Waals surface area (Å²) in [5.74, 6) is -0.0686. The minimum atomic E-state index is -0.840. The molecular formula is C47H85NO3. The van der Waals surface area contributed by atoms with E-state index in [1.165, 1.54) is 141 Å². The van der Waals surface area contributed by atoms with Crippen molar-refractivity contribution in [1.29, 1.82) is 0 Å². The molecule has 0 aromatic carbocycles. The summed E-state index contributed by atoms with van der Waals surface area (Å²) >= 11 is 0. The highest BCUT2D eigenvalue weighted by Crippen LogP contribution is 2.15. The average Bonchev–Trinajstić information content (AvgIpc) is 3.13. The molecule has 0 saturated carbocycles. The number of rotatable bonds is 39. The number of allylic oxidation sites excluding steroid dienone is 9. The van der Waals surface area contributed by atoms with Gasteiger partial charge in [-0.15, -0.1) is 0 Å². The van der Waals surface area contributed by atoms with Gasteiger partial charge in [0.25, 0.3) is 0 Å². The van der Waals surface area contributed by atoms with Crippen LogP contribution in [-0.2, 0) is 4.79 Å². The van der Waals surface area contributed by atoms with Crippen LogP contribution in [0.1, 0.15) is 213 Å². The number of amides is 1. The highest BCUT2D eigenvalue weighted by Gasteiger charge is 2.17. The lowest BCUT2D eigenvalue weighted by molar-refractivity contribution is -0.123. The van der Waals surface area contributed by atoms with Crippen LogP contribution in [0, 0.1) is 0 Å². The van der Waals surface area contributed by atoms with Crippen LogP contribution in [0.15, 0.2) is 60.8 Å². The quantitative estimate of drug-likeness (QED) is 0.0439. The van der Waals surface area contributed by atoms with E-state index in [1.807, 2.05) is 6.08 Å². The van der Waals surface area contributed by atoms with Crippen LogP contribution in [-0.4, -0.2) is 34.9 Å². The molecule has 0 spiro atoms. The minimum absolute atomic E-state index is 0.0686. The molecule has 4 nitrogen and oxygen atoms in total. The molecule has 0 radical (unpaired) electrons. The number of hydrogen-bond acceptors (Lipinski definition) is 3. The summed E-state index contributed by atoms with van der Waals surface area (Å²) in [4.78, 5) is 12.4. The van der Waals surface area contributed by atoms with Crippen LogP contribution in [0.3, 0.4) is 0 Å². The van der Waals surface area contributed by atoms with Gasteiger partial charge in [-0.25, -0.2) is 0 Å². The Bertz CT molecular complexity index is 858. The van der Waals surface area contributed by atoms with Gasteiger partial charge in [-0.2, -0.15) is 0 Å². The van der Waals surface area contributed by atoms with Crippen molar-refractivity contribution in [2.24, 2.45) is 0 Å². The van der Waals surface area contributed by atoms with Crippen LogP contribution >= 0.6 is 0 Å². The number of hydrogen-bond donors (Lipinski definition) is 3. The van der Waals surface area contributed by atoms with Gasteiger partial charge in [0.2, 0.25) is 5.91 Å². The molecule has 51 heavy (non-hydrogen) atoms. The van der Waals surface area contributed by atoms with E-state index in [-0.39, 0.29) is 12.5 Å². The summed E-state index contributed by atoms with van der Waals surface area (Å²) in [6, 6.07) is -0.624. The zero-order valence-corrected chi connectivity index (χ0v) is 33.9. The van der Waals surface area contributed by atoms with Crippen LogP contribution in [0.25, 0.3) is 0 Å². The van der Waals surface area contributed by atoms with Gasteiger partial charge in [-0.05, 0) is 57.8 Å². The van der Waals surface area contributed by atoms with Gasteiger partial charge in [0.15, 0.2) is 0 Å². The maximum atomic E-state index is 12.4. The Morgan fingerprint density at radius 1 is 0.490 bits per heavy atom. The third-order valence-corrected chi connectivity index (χ3v) is 9.76. The molecular weight excluding hydrogens is 627 g/mol. The largest absolute Gasteiger partial charge is 0.394 e. The summed E-state index contributed by atoms with van der Waals surface area (Å²) < 4.78 is 0. The van der Waals surface area contributed by atoms with Crippen LogP contribution < -0.4 is 5.32 Å². The summed E-state index contributed by atoms with van der Waals surface area (Å²) in [6.45, 7) is 4.19. The number of carbonyl (C=O) groups excluding carboxylic acids is 1. The first kappa shape index (κ1) is 49.1. The first-order valence-corrected chi connectivity index (χ1v) is 22.0. The Balaban J connectivity index is 3.56. The predicted molar refractivity (Wildman–Crippen MR) is 225 cm³/mol. The SMILES string of the molecule is CC/C=C\C/C=C\C/C=C\C/C=C\CCCCCCCCCCCCCCC(=O)NC(CO)C(O)/C=C/CCCCCCCCCCCCCC. The van der Waals surface area contributed by atoms with E-state index in [1.54, 1.807) is 6.08 Å². The Morgan fingerprint density at radius 3 is 1.29 bits per heavy atom. The zero-order chi connectivity index (χ0) is 37.1. The fraction of sp³-hybridized carbons (Fsp3) is 0.766. The maximum Gasteiger partial charge on any atom is 0.220 e. The number of carbonyl (C=O) groups is 1. The van der Waals surface area contributed by atoms with Gasteiger partial charge in [-0.1, -0.05) is 209 Å². The molecule has 0 rings (SSSR count). The summed E-state index contributed by atoms with van der Waals surface area (Å²) in [7, 11) is 0. The van der Waals surface area contributed by atoms with Crippen molar-refractivity contribution in [1.82, 2.24) is 5.32 Å². The molecule has 4 heteroatoms. The minimum Gasteiger partial charge on any atom is -0.394 e. The maximum absolute atomic E-state index is 12.4. The number of aliphatic hydroxyl groups is 2. The zero-order valence-electron chi connectivity index (χ0n) is 33.9. The first-order valence-electron chi connectivity index (χ1n) is 22.0. The summed E-state index contributed by atoms with van der Waals surface area (Å²) in [5, 5.41) is 23.0. The molecule has 2 unspecified atom stereocenters. The smallest absolute Gasteiger partial charge is 0.220 e. The fourth-order valence-corrected chi connectivity index (χ4v) is 6.40. The highest BCUT2D eigenvalue weighted by atomic mass is 16.3. The highest BCUT2D eigenvalue weighted by molar-refractivity contribution is 5.76. The fourth-order valence-electron chi connectivity index (χ4n) is 6.40. The lowest BCUT2D eigenvalue weighted by Gasteiger charge is -2.20. The molecule has 0 saturated heterocycles. The Kier molecular flexibility index (Phi) is 40.9. The van der Waals surface area contributed by atoms with E-state index in [4.69, 9.17) is 0 Å². The molecule has 0 aliphatic heterocycles. The average molecular weight is 712 g/mol. The molecule has 0 heterocycles. The van der Waals surface area contributed by atoms with Crippen molar-refractivity contribution in [2.45, 2.75) is 225 Å². The molecule has 296 valence electrons. The van der Waals surface area contributed by atoms with E-state index in [0.29, 0.717) is 6.42 Å². The van der Waals surface area contributed by atoms with E-state index >= 15 is 0 Å². The number of nitrogens with one attached hydrogen (secondary N) is 1. The number of unbranched alkanes of at least 4 members (excludes halogenated alkanes) is 24. The van der Waals surface area contributed by atoms with Crippen molar-refractivity contribution in [3.05, 3.63) is 60.8 Å². The third-order valence-electron chi connectivity index (χ3n) is 9.76. The molecule has 0 aromatic rings. The van der Waals surface area contributed by atoms with Gasteiger partial charge < -0.3 is 15.5 Å².